The molecule has 1 atom stereocenters. The Bertz CT molecular complexity index is 1330. The Labute approximate surface area is 188 Å². The van der Waals surface area contributed by atoms with E-state index in [0.29, 0.717) is 41.3 Å². The summed E-state index contributed by atoms with van der Waals surface area (Å²) < 4.78 is 16.4. The third kappa shape index (κ3) is 3.02. The summed E-state index contributed by atoms with van der Waals surface area (Å²) in [6, 6.07) is 12.9. The molecule has 0 aliphatic carbocycles. The lowest BCUT2D eigenvalue weighted by atomic mass is 9.95. The van der Waals surface area contributed by atoms with Crippen molar-refractivity contribution in [3.05, 3.63) is 83.2 Å². The Morgan fingerprint density at radius 3 is 2.70 bits per heavy atom. The van der Waals surface area contributed by atoms with E-state index in [-0.39, 0.29) is 18.1 Å². The molecule has 0 bridgehead atoms. The number of fused-ring (bicyclic) bond motifs is 2. The fourth-order valence-corrected chi connectivity index (χ4v) is 4.48. The molecule has 4 heterocycles. The van der Waals surface area contributed by atoms with Gasteiger partial charge in [0, 0.05) is 36.1 Å². The Morgan fingerprint density at radius 1 is 1.00 bits per heavy atom. The van der Waals surface area contributed by atoms with Gasteiger partial charge in [0.2, 0.25) is 6.79 Å². The van der Waals surface area contributed by atoms with Gasteiger partial charge in [0.1, 0.15) is 11.5 Å². The van der Waals surface area contributed by atoms with Crippen molar-refractivity contribution in [1.29, 1.82) is 0 Å². The van der Waals surface area contributed by atoms with Crippen molar-refractivity contribution in [1.82, 2.24) is 4.98 Å². The molecule has 3 aromatic rings. The van der Waals surface area contributed by atoms with Gasteiger partial charge in [-0.1, -0.05) is 6.07 Å². The first kappa shape index (κ1) is 19.4. The van der Waals surface area contributed by atoms with E-state index in [4.69, 9.17) is 14.2 Å². The Hall–Kier alpha value is -4.33. The van der Waals surface area contributed by atoms with Crippen molar-refractivity contribution in [2.75, 3.05) is 18.3 Å². The zero-order valence-electron chi connectivity index (χ0n) is 17.4. The SMILES string of the molecule is O=C1C(=O)N(c2ccc3c(c2)OCO3)C(c2cccnc2)/C1=C(\O)c1ccc2c(c1)CCO2. The monoisotopic (exact) mass is 442 g/mol. The van der Waals surface area contributed by atoms with Crippen LogP contribution < -0.4 is 19.1 Å². The molecule has 3 aliphatic heterocycles. The highest BCUT2D eigenvalue weighted by molar-refractivity contribution is 6.51. The zero-order valence-corrected chi connectivity index (χ0v) is 17.4. The average Bonchev–Trinajstić information content (AvgIpc) is 3.56. The molecule has 1 unspecified atom stereocenters. The van der Waals surface area contributed by atoms with Crippen LogP contribution in [0.15, 0.2) is 66.5 Å². The van der Waals surface area contributed by atoms with Gasteiger partial charge in [-0.2, -0.15) is 0 Å². The minimum Gasteiger partial charge on any atom is -0.507 e. The Balaban J connectivity index is 1.52. The van der Waals surface area contributed by atoms with E-state index in [1.165, 1.54) is 4.90 Å². The summed E-state index contributed by atoms with van der Waals surface area (Å²) in [5.41, 5.74) is 2.46. The predicted molar refractivity (Wildman–Crippen MR) is 117 cm³/mol. The first-order valence-electron chi connectivity index (χ1n) is 10.5. The second-order valence-electron chi connectivity index (χ2n) is 7.91. The number of benzene rings is 2. The number of ketones is 1. The van der Waals surface area contributed by atoms with E-state index < -0.39 is 17.7 Å². The first-order chi connectivity index (χ1) is 16.1. The van der Waals surface area contributed by atoms with Crippen molar-refractivity contribution in [3.63, 3.8) is 0 Å². The summed E-state index contributed by atoms with van der Waals surface area (Å²) >= 11 is 0. The van der Waals surface area contributed by atoms with E-state index in [1.54, 1.807) is 60.9 Å². The average molecular weight is 442 g/mol. The van der Waals surface area contributed by atoms with Crippen LogP contribution in [0.5, 0.6) is 17.2 Å². The number of anilines is 1. The number of Topliss-reactive ketones (excluding diaryl/α,β-unsaturated/α-hetero) is 1. The summed E-state index contributed by atoms with van der Waals surface area (Å²) in [6.07, 6.45) is 3.91. The van der Waals surface area contributed by atoms with E-state index in [0.717, 1.165) is 11.3 Å². The summed E-state index contributed by atoms with van der Waals surface area (Å²) in [5, 5.41) is 11.3. The van der Waals surface area contributed by atoms with Crippen molar-refractivity contribution in [3.8, 4) is 17.2 Å². The fourth-order valence-electron chi connectivity index (χ4n) is 4.48. The number of carbonyl (C=O) groups excluding carboxylic acids is 2. The summed E-state index contributed by atoms with van der Waals surface area (Å²) in [7, 11) is 0. The van der Waals surface area contributed by atoms with Gasteiger partial charge in [-0.05, 0) is 47.5 Å². The number of aliphatic hydroxyl groups excluding tert-OH is 1. The maximum absolute atomic E-state index is 13.2. The maximum atomic E-state index is 13.2. The number of pyridine rings is 1. The molecule has 2 aromatic carbocycles. The third-order valence-electron chi connectivity index (χ3n) is 6.04. The van der Waals surface area contributed by atoms with Gasteiger partial charge in [0.05, 0.1) is 18.2 Å². The van der Waals surface area contributed by atoms with E-state index in [9.17, 15) is 14.7 Å². The molecule has 1 fully saturated rings. The van der Waals surface area contributed by atoms with Crippen molar-refractivity contribution < 1.29 is 28.9 Å². The highest BCUT2D eigenvalue weighted by atomic mass is 16.7. The molecule has 1 saturated heterocycles. The lowest BCUT2D eigenvalue weighted by molar-refractivity contribution is -0.132. The van der Waals surface area contributed by atoms with Gasteiger partial charge < -0.3 is 19.3 Å². The minimum atomic E-state index is -0.858. The van der Waals surface area contributed by atoms with Crippen molar-refractivity contribution in [2.45, 2.75) is 12.5 Å². The zero-order chi connectivity index (χ0) is 22.5. The summed E-state index contributed by atoms with van der Waals surface area (Å²) in [4.78, 5) is 32.0. The van der Waals surface area contributed by atoms with Gasteiger partial charge in [-0.15, -0.1) is 0 Å². The van der Waals surface area contributed by atoms with Gasteiger partial charge >= 0.3 is 0 Å². The van der Waals surface area contributed by atoms with Crippen molar-refractivity contribution in [2.24, 2.45) is 0 Å². The number of aromatic nitrogens is 1. The van der Waals surface area contributed by atoms with Gasteiger partial charge in [0.15, 0.2) is 11.5 Å². The predicted octanol–water partition coefficient (Wildman–Crippen LogP) is 3.37. The summed E-state index contributed by atoms with van der Waals surface area (Å²) in [5.74, 6) is 0.0624. The maximum Gasteiger partial charge on any atom is 0.300 e. The van der Waals surface area contributed by atoms with Crippen molar-refractivity contribution >= 4 is 23.1 Å². The van der Waals surface area contributed by atoms with Gasteiger partial charge in [-0.3, -0.25) is 19.5 Å². The van der Waals surface area contributed by atoms with Crippen LogP contribution in [0.4, 0.5) is 5.69 Å². The summed E-state index contributed by atoms with van der Waals surface area (Å²) in [6.45, 7) is 0.662. The molecule has 6 rings (SSSR count). The van der Waals surface area contributed by atoms with Gasteiger partial charge in [-0.25, -0.2) is 0 Å². The van der Waals surface area contributed by atoms with Crippen LogP contribution in [-0.4, -0.2) is 35.2 Å². The molecule has 8 heteroatoms. The van der Waals surface area contributed by atoms with E-state index >= 15 is 0 Å². The molecule has 164 valence electrons. The standard InChI is InChI=1S/C25H18N2O6/c28-23(15-3-5-18-14(10-15)7-9-31-18)21-22(16-2-1-8-26-12-16)27(25(30)24(21)29)17-4-6-19-20(11-17)33-13-32-19/h1-6,8,10-12,22,28H,7,9,13H2/b23-21+. The van der Waals surface area contributed by atoms with Crippen LogP contribution in [0.1, 0.15) is 22.7 Å². The highest BCUT2D eigenvalue weighted by Gasteiger charge is 2.47. The first-order valence-corrected chi connectivity index (χ1v) is 10.5. The molecule has 0 radical (unpaired) electrons. The quantitative estimate of drug-likeness (QED) is 0.377. The molecular weight excluding hydrogens is 424 g/mol. The number of nitrogens with zero attached hydrogens (tertiary/aromatic N) is 2. The molecule has 1 amide bonds. The number of ether oxygens (including phenoxy) is 3. The number of carbonyl (C=O) groups is 2. The van der Waals surface area contributed by atoms with Crippen LogP contribution in [0.25, 0.3) is 5.76 Å². The smallest absolute Gasteiger partial charge is 0.300 e. The number of aliphatic hydroxyl groups is 1. The largest absolute Gasteiger partial charge is 0.507 e. The fraction of sp³-hybridized carbons (Fsp3) is 0.160. The van der Waals surface area contributed by atoms with Crippen LogP contribution in [-0.2, 0) is 16.0 Å². The third-order valence-corrected chi connectivity index (χ3v) is 6.04. The topological polar surface area (TPSA) is 98.2 Å². The number of rotatable bonds is 3. The Kier molecular flexibility index (Phi) is 4.33. The highest BCUT2D eigenvalue weighted by Crippen LogP contribution is 2.45. The number of amides is 1. The normalized spacial score (nSPS) is 20.1. The molecule has 8 nitrogen and oxygen atoms in total. The molecular formula is C25H18N2O6. The molecule has 1 aromatic heterocycles. The second-order valence-corrected chi connectivity index (χ2v) is 7.91. The lowest BCUT2D eigenvalue weighted by Gasteiger charge is -2.25. The van der Waals surface area contributed by atoms with E-state index in [1.807, 2.05) is 0 Å². The lowest BCUT2D eigenvalue weighted by Crippen LogP contribution is -2.29. The number of hydrogen-bond donors (Lipinski definition) is 1. The molecule has 3 aliphatic rings. The number of hydrogen-bond acceptors (Lipinski definition) is 7. The molecule has 0 saturated carbocycles. The molecule has 1 N–H and O–H groups in total. The molecule has 33 heavy (non-hydrogen) atoms. The molecule has 0 spiro atoms. The van der Waals surface area contributed by atoms with Gasteiger partial charge in [0.25, 0.3) is 11.7 Å². The Morgan fingerprint density at radius 2 is 1.85 bits per heavy atom. The van der Waals surface area contributed by atoms with Crippen LogP contribution in [0.3, 0.4) is 0 Å². The van der Waals surface area contributed by atoms with Crippen LogP contribution in [0.2, 0.25) is 0 Å². The van der Waals surface area contributed by atoms with Crippen LogP contribution >= 0.6 is 0 Å². The second kappa shape index (κ2) is 7.37. The minimum absolute atomic E-state index is 0.00420. The van der Waals surface area contributed by atoms with Crippen LogP contribution in [0, 0.1) is 0 Å². The van der Waals surface area contributed by atoms with E-state index in [2.05, 4.69) is 4.98 Å².